The minimum atomic E-state index is 0.223. The molecular weight excluding hydrogens is 260 g/mol. The highest BCUT2D eigenvalue weighted by Gasteiger charge is 2.26. The summed E-state index contributed by atoms with van der Waals surface area (Å²) in [4.78, 5) is 13.9. The summed E-state index contributed by atoms with van der Waals surface area (Å²) in [5, 5.41) is 3.28. The summed E-state index contributed by atoms with van der Waals surface area (Å²) in [6.45, 7) is 4.06. The molecule has 1 unspecified atom stereocenters. The lowest BCUT2D eigenvalue weighted by molar-refractivity contribution is -0.921. The molecule has 0 bridgehead atoms. The molecule has 1 aliphatic heterocycles. The van der Waals surface area contributed by atoms with Crippen molar-refractivity contribution < 1.29 is 9.69 Å². The van der Waals surface area contributed by atoms with Gasteiger partial charge in [-0.3, -0.25) is 4.79 Å². The molecule has 1 aromatic carbocycles. The lowest BCUT2D eigenvalue weighted by Gasteiger charge is -2.31. The first kappa shape index (κ1) is 14.6. The van der Waals surface area contributed by atoms with E-state index < -0.39 is 0 Å². The van der Waals surface area contributed by atoms with Gasteiger partial charge < -0.3 is 10.2 Å². The predicted octanol–water partition coefficient (Wildman–Crippen LogP) is 1.64. The summed E-state index contributed by atoms with van der Waals surface area (Å²) in [5.41, 5.74) is 2.74. The monoisotopic (exact) mass is 287 g/mol. The Morgan fingerprint density at radius 3 is 2.95 bits per heavy atom. The summed E-state index contributed by atoms with van der Waals surface area (Å²) in [5.74, 6) is 0.223. The number of likely N-dealkylation sites (tertiary alicyclic amines) is 1. The Bertz CT molecular complexity index is 500. The predicted molar refractivity (Wildman–Crippen MR) is 84.3 cm³/mol. The van der Waals surface area contributed by atoms with Gasteiger partial charge in [-0.25, -0.2) is 0 Å². The SMILES string of the molecule is C[C@@H]1CCCC[NH+]1CC(=O)N[C@@H]1CCCc2ccccc21. The fourth-order valence-electron chi connectivity index (χ4n) is 3.87. The number of amides is 1. The first-order valence-electron chi connectivity index (χ1n) is 8.46. The zero-order valence-corrected chi connectivity index (χ0v) is 13.0. The fourth-order valence-corrected chi connectivity index (χ4v) is 3.87. The van der Waals surface area contributed by atoms with Crippen molar-refractivity contribution in [2.75, 3.05) is 13.1 Å². The van der Waals surface area contributed by atoms with E-state index in [1.807, 2.05) is 0 Å². The third-order valence-corrected chi connectivity index (χ3v) is 5.17. The van der Waals surface area contributed by atoms with Gasteiger partial charge in [-0.05, 0) is 56.6 Å². The van der Waals surface area contributed by atoms with Gasteiger partial charge in [0.25, 0.3) is 5.91 Å². The maximum absolute atomic E-state index is 12.4. The van der Waals surface area contributed by atoms with Crippen LogP contribution in [0.25, 0.3) is 0 Å². The number of hydrogen-bond acceptors (Lipinski definition) is 1. The van der Waals surface area contributed by atoms with Crippen molar-refractivity contribution in [2.45, 2.75) is 57.5 Å². The van der Waals surface area contributed by atoms with E-state index in [0.717, 1.165) is 19.4 Å². The van der Waals surface area contributed by atoms with E-state index in [1.165, 1.54) is 41.7 Å². The van der Waals surface area contributed by atoms with Crippen LogP contribution in [0.3, 0.4) is 0 Å². The summed E-state index contributed by atoms with van der Waals surface area (Å²) in [7, 11) is 0. The molecule has 3 heteroatoms. The van der Waals surface area contributed by atoms with Crippen LogP contribution in [-0.4, -0.2) is 25.0 Å². The molecule has 2 aliphatic rings. The molecule has 1 fully saturated rings. The Hall–Kier alpha value is -1.35. The zero-order valence-electron chi connectivity index (χ0n) is 13.0. The topological polar surface area (TPSA) is 33.5 Å². The van der Waals surface area contributed by atoms with Gasteiger partial charge in [0.2, 0.25) is 0 Å². The standard InChI is InChI=1S/C18H26N2O/c1-14-7-4-5-12-20(14)13-18(21)19-17-11-6-9-15-8-2-3-10-16(15)17/h2-3,8,10,14,17H,4-7,9,11-13H2,1H3,(H,19,21)/p+1/t14-,17-/m1/s1. The van der Waals surface area contributed by atoms with E-state index in [0.29, 0.717) is 12.6 Å². The van der Waals surface area contributed by atoms with E-state index in [9.17, 15) is 4.79 Å². The van der Waals surface area contributed by atoms with E-state index in [-0.39, 0.29) is 11.9 Å². The average molecular weight is 287 g/mol. The first-order valence-corrected chi connectivity index (χ1v) is 8.46. The third kappa shape index (κ3) is 3.46. The summed E-state index contributed by atoms with van der Waals surface area (Å²) in [6.07, 6.45) is 7.25. The number of rotatable bonds is 3. The molecule has 21 heavy (non-hydrogen) atoms. The van der Waals surface area contributed by atoms with Gasteiger partial charge in [0.15, 0.2) is 6.54 Å². The van der Waals surface area contributed by atoms with E-state index >= 15 is 0 Å². The van der Waals surface area contributed by atoms with Crippen molar-refractivity contribution in [3.05, 3.63) is 35.4 Å². The molecule has 1 amide bonds. The second-order valence-corrected chi connectivity index (χ2v) is 6.69. The van der Waals surface area contributed by atoms with Gasteiger partial charge in [0, 0.05) is 0 Å². The average Bonchev–Trinajstić information content (AvgIpc) is 2.50. The number of fused-ring (bicyclic) bond motifs is 1. The molecular formula is C18H27N2O+. The third-order valence-electron chi connectivity index (χ3n) is 5.17. The largest absolute Gasteiger partial charge is 0.344 e. The molecule has 114 valence electrons. The molecule has 2 N–H and O–H groups in total. The maximum atomic E-state index is 12.4. The van der Waals surface area contributed by atoms with Crippen LogP contribution >= 0.6 is 0 Å². The highest BCUT2D eigenvalue weighted by atomic mass is 16.2. The van der Waals surface area contributed by atoms with Gasteiger partial charge in [0.1, 0.15) is 0 Å². The van der Waals surface area contributed by atoms with Crippen molar-refractivity contribution in [3.8, 4) is 0 Å². The van der Waals surface area contributed by atoms with Crippen LogP contribution in [-0.2, 0) is 11.2 Å². The zero-order chi connectivity index (χ0) is 14.7. The molecule has 1 aliphatic carbocycles. The Labute approximate surface area is 127 Å². The number of nitrogens with one attached hydrogen (secondary N) is 2. The molecule has 3 nitrogen and oxygen atoms in total. The molecule has 1 heterocycles. The Morgan fingerprint density at radius 1 is 1.24 bits per heavy atom. The van der Waals surface area contributed by atoms with Crippen LogP contribution in [0.5, 0.6) is 0 Å². The van der Waals surface area contributed by atoms with Crippen molar-refractivity contribution >= 4 is 5.91 Å². The molecule has 3 rings (SSSR count). The van der Waals surface area contributed by atoms with Gasteiger partial charge in [-0.1, -0.05) is 24.3 Å². The molecule has 1 aromatic rings. The summed E-state index contributed by atoms with van der Waals surface area (Å²) < 4.78 is 0. The normalized spacial score (nSPS) is 28.7. The summed E-state index contributed by atoms with van der Waals surface area (Å²) >= 11 is 0. The minimum absolute atomic E-state index is 0.223. The molecule has 0 saturated carbocycles. The Morgan fingerprint density at radius 2 is 2.10 bits per heavy atom. The van der Waals surface area contributed by atoms with Crippen LogP contribution in [0.1, 0.15) is 56.2 Å². The molecule has 0 spiro atoms. The first-order chi connectivity index (χ1) is 10.2. The van der Waals surface area contributed by atoms with Gasteiger partial charge in [-0.15, -0.1) is 0 Å². The van der Waals surface area contributed by atoms with E-state index in [1.54, 1.807) is 0 Å². The number of quaternary nitrogens is 1. The van der Waals surface area contributed by atoms with Crippen LogP contribution in [0.2, 0.25) is 0 Å². The van der Waals surface area contributed by atoms with Crippen LogP contribution in [0.15, 0.2) is 24.3 Å². The van der Waals surface area contributed by atoms with Gasteiger partial charge in [0.05, 0.1) is 18.6 Å². The van der Waals surface area contributed by atoms with Gasteiger partial charge >= 0.3 is 0 Å². The van der Waals surface area contributed by atoms with E-state index in [4.69, 9.17) is 0 Å². The lowest BCUT2D eigenvalue weighted by atomic mass is 9.88. The van der Waals surface area contributed by atoms with Crippen LogP contribution in [0.4, 0.5) is 0 Å². The number of aryl methyl sites for hydroxylation is 1. The van der Waals surface area contributed by atoms with Crippen molar-refractivity contribution in [3.63, 3.8) is 0 Å². The molecule has 3 atom stereocenters. The second-order valence-electron chi connectivity index (χ2n) is 6.69. The van der Waals surface area contributed by atoms with Crippen LogP contribution < -0.4 is 10.2 Å². The highest BCUT2D eigenvalue weighted by Crippen LogP contribution is 2.29. The minimum Gasteiger partial charge on any atom is -0.344 e. The number of benzene rings is 1. The van der Waals surface area contributed by atoms with Crippen molar-refractivity contribution in [2.24, 2.45) is 0 Å². The van der Waals surface area contributed by atoms with Crippen molar-refractivity contribution in [1.29, 1.82) is 0 Å². The Kier molecular flexibility index (Phi) is 4.59. The quantitative estimate of drug-likeness (QED) is 0.870. The number of carbonyl (C=O) groups is 1. The molecule has 1 saturated heterocycles. The number of hydrogen-bond donors (Lipinski definition) is 2. The lowest BCUT2D eigenvalue weighted by Crippen LogP contribution is -3.17. The number of carbonyl (C=O) groups excluding carboxylic acids is 1. The fraction of sp³-hybridized carbons (Fsp3) is 0.611. The van der Waals surface area contributed by atoms with Crippen molar-refractivity contribution in [1.82, 2.24) is 5.32 Å². The summed E-state index contributed by atoms with van der Waals surface area (Å²) in [6, 6.07) is 9.41. The maximum Gasteiger partial charge on any atom is 0.275 e. The second kappa shape index (κ2) is 6.61. The molecule has 0 radical (unpaired) electrons. The molecule has 0 aromatic heterocycles. The Balaban J connectivity index is 1.60. The van der Waals surface area contributed by atoms with Crippen LogP contribution in [0, 0.1) is 0 Å². The van der Waals surface area contributed by atoms with Gasteiger partial charge in [-0.2, -0.15) is 0 Å². The number of piperidine rings is 1. The highest BCUT2D eigenvalue weighted by molar-refractivity contribution is 5.77. The smallest absolute Gasteiger partial charge is 0.275 e. The van der Waals surface area contributed by atoms with E-state index in [2.05, 4.69) is 36.5 Å².